The normalized spacial score (nSPS) is 14.1. The highest BCUT2D eigenvalue weighted by atomic mass is 16.5. The van der Waals surface area contributed by atoms with Crippen molar-refractivity contribution in [1.82, 2.24) is 10.6 Å². The predicted octanol–water partition coefficient (Wildman–Crippen LogP) is 5.25. The van der Waals surface area contributed by atoms with Gasteiger partial charge in [0.05, 0.1) is 26.1 Å². The Morgan fingerprint density at radius 2 is 0.925 bits per heavy atom. The topological polar surface area (TPSA) is 117 Å². The molecule has 0 aromatic heterocycles. The van der Waals surface area contributed by atoms with Gasteiger partial charge in [0.25, 0.3) is 0 Å². The fourth-order valence-electron chi connectivity index (χ4n) is 4.17. The first-order chi connectivity index (χ1) is 19.2. The summed E-state index contributed by atoms with van der Waals surface area (Å²) in [6.07, 6.45) is 0. The van der Waals surface area contributed by atoms with Crippen molar-refractivity contribution in [3.8, 4) is 11.5 Å². The fraction of sp³-hybridized carbons (Fsp3) is 0.312. The van der Waals surface area contributed by atoms with Gasteiger partial charge in [0.2, 0.25) is 0 Å². The molecule has 0 bridgehead atoms. The van der Waals surface area contributed by atoms with Crippen LogP contribution in [-0.4, -0.2) is 62.6 Å². The largest absolute Gasteiger partial charge is 0.497 e. The van der Waals surface area contributed by atoms with E-state index >= 15 is 0 Å². The lowest BCUT2D eigenvalue weighted by atomic mass is 9.98. The van der Waals surface area contributed by atoms with Gasteiger partial charge in [-0.1, -0.05) is 48.5 Å². The highest BCUT2D eigenvalue weighted by Crippen LogP contribution is 2.26. The maximum Gasteiger partial charge on any atom is 0.310 e. The molecule has 0 unspecified atom stereocenters. The number of carboxylic acids is 2. The zero-order chi connectivity index (χ0) is 29.1. The van der Waals surface area contributed by atoms with Crippen LogP contribution >= 0.6 is 0 Å². The van der Waals surface area contributed by atoms with E-state index in [9.17, 15) is 9.59 Å². The van der Waals surface area contributed by atoms with Gasteiger partial charge in [-0.3, -0.25) is 9.59 Å². The van der Waals surface area contributed by atoms with Crippen LogP contribution in [0.5, 0.6) is 11.5 Å². The number of aliphatic carboxylic acids is 2. The molecule has 2 atom stereocenters. The second-order valence-corrected chi connectivity index (χ2v) is 9.56. The van der Waals surface area contributed by atoms with E-state index < -0.39 is 23.8 Å². The molecule has 0 aliphatic carbocycles. The molecule has 1 aliphatic rings. The average molecular weight is 547 g/mol. The number of benzene rings is 4. The minimum absolute atomic E-state index is 0.485. The molecule has 0 amide bonds. The van der Waals surface area contributed by atoms with Crippen molar-refractivity contribution >= 4 is 33.5 Å². The predicted molar refractivity (Wildman–Crippen MR) is 159 cm³/mol. The molecule has 0 radical (unpaired) electrons. The summed E-state index contributed by atoms with van der Waals surface area (Å²) in [6, 6.07) is 22.9. The first kappa shape index (κ1) is 30.4. The quantitative estimate of drug-likeness (QED) is 0.259. The van der Waals surface area contributed by atoms with Crippen molar-refractivity contribution in [2.75, 3.05) is 40.4 Å². The van der Waals surface area contributed by atoms with Crippen molar-refractivity contribution in [2.24, 2.45) is 0 Å². The van der Waals surface area contributed by atoms with Crippen LogP contribution in [0.3, 0.4) is 0 Å². The third kappa shape index (κ3) is 8.43. The smallest absolute Gasteiger partial charge is 0.310 e. The van der Waals surface area contributed by atoms with Crippen molar-refractivity contribution in [2.45, 2.75) is 25.7 Å². The Hall–Kier alpha value is -4.14. The number of rotatable bonds is 6. The molecule has 8 heteroatoms. The van der Waals surface area contributed by atoms with E-state index in [1.807, 2.05) is 72.8 Å². The van der Waals surface area contributed by atoms with Crippen LogP contribution in [0.15, 0.2) is 72.8 Å². The van der Waals surface area contributed by atoms with Crippen LogP contribution in [0.25, 0.3) is 21.5 Å². The van der Waals surface area contributed by atoms with Crippen molar-refractivity contribution in [3.05, 3.63) is 83.9 Å². The molecule has 8 nitrogen and oxygen atoms in total. The Balaban J connectivity index is 0.000000183. The minimum atomic E-state index is -0.808. The molecule has 0 saturated carbocycles. The fourth-order valence-corrected chi connectivity index (χ4v) is 4.17. The SMILES string of the molecule is C1CNCCN1.COc1ccc2cc([C@H](C)C(=O)O)ccc2c1.COc1ccc2cc([C@H](C)C(=O)O)ccc2c1. The third-order valence-corrected chi connectivity index (χ3v) is 6.84. The number of hydrogen-bond donors (Lipinski definition) is 4. The second kappa shape index (κ2) is 14.9. The monoisotopic (exact) mass is 546 g/mol. The summed E-state index contributed by atoms with van der Waals surface area (Å²) in [5.74, 6) is -0.980. The minimum Gasteiger partial charge on any atom is -0.497 e. The maximum atomic E-state index is 10.9. The number of methoxy groups -OCH3 is 2. The van der Waals surface area contributed by atoms with E-state index in [1.165, 1.54) is 0 Å². The summed E-state index contributed by atoms with van der Waals surface area (Å²) in [5.41, 5.74) is 1.63. The second-order valence-electron chi connectivity index (χ2n) is 9.56. The Labute approximate surface area is 234 Å². The third-order valence-electron chi connectivity index (χ3n) is 6.84. The Morgan fingerprint density at radius 3 is 1.23 bits per heavy atom. The van der Waals surface area contributed by atoms with Crippen LogP contribution in [0.4, 0.5) is 0 Å². The lowest BCUT2D eigenvalue weighted by Gasteiger charge is -2.11. The number of carboxylic acid groups (broad SMARTS) is 2. The number of fused-ring (bicyclic) bond motifs is 2. The molecule has 4 N–H and O–H groups in total. The lowest BCUT2D eigenvalue weighted by Crippen LogP contribution is -2.39. The zero-order valence-electron chi connectivity index (χ0n) is 23.4. The van der Waals surface area contributed by atoms with Gasteiger partial charge in [-0.15, -0.1) is 0 Å². The number of nitrogens with one attached hydrogen (secondary N) is 2. The molecule has 5 rings (SSSR count). The Morgan fingerprint density at radius 1 is 0.600 bits per heavy atom. The molecule has 4 aromatic rings. The first-order valence-corrected chi connectivity index (χ1v) is 13.3. The van der Waals surface area contributed by atoms with Gasteiger partial charge >= 0.3 is 11.9 Å². The summed E-state index contributed by atoms with van der Waals surface area (Å²) in [4.78, 5) is 21.8. The average Bonchev–Trinajstić information content (AvgIpc) is 3.00. The molecule has 4 aromatic carbocycles. The van der Waals surface area contributed by atoms with Gasteiger partial charge in [-0.05, 0) is 70.8 Å². The summed E-state index contributed by atoms with van der Waals surface area (Å²) in [6.45, 7) is 7.93. The molecule has 1 aliphatic heterocycles. The molecule has 1 fully saturated rings. The highest BCUT2D eigenvalue weighted by Gasteiger charge is 2.14. The molecule has 212 valence electrons. The molecule has 0 spiro atoms. The highest BCUT2D eigenvalue weighted by molar-refractivity contribution is 5.87. The van der Waals surface area contributed by atoms with Crippen molar-refractivity contribution in [3.63, 3.8) is 0 Å². The number of hydrogen-bond acceptors (Lipinski definition) is 6. The standard InChI is InChI=1S/2C14H14O3.C4H10N2/c2*1-9(14(15)16)10-3-4-12-8-13(17-2)6-5-11(12)7-10;1-2-6-4-3-5-1/h2*3-9H,1-2H3,(H,15,16);5-6H,1-4H2/t2*9-;/m00./s1. The van der Waals surface area contributed by atoms with E-state index in [2.05, 4.69) is 10.6 Å². The molecular formula is C32H38N2O6. The van der Waals surface area contributed by atoms with E-state index in [4.69, 9.17) is 19.7 Å². The maximum absolute atomic E-state index is 10.9. The van der Waals surface area contributed by atoms with Gasteiger partial charge in [-0.25, -0.2) is 0 Å². The van der Waals surface area contributed by atoms with Gasteiger partial charge in [-0.2, -0.15) is 0 Å². The molecule has 40 heavy (non-hydrogen) atoms. The number of carbonyl (C=O) groups is 2. The van der Waals surface area contributed by atoms with Crippen LogP contribution in [-0.2, 0) is 9.59 Å². The van der Waals surface area contributed by atoms with Crippen LogP contribution in [0.1, 0.15) is 36.8 Å². The van der Waals surface area contributed by atoms with Gasteiger partial charge < -0.3 is 30.3 Å². The number of piperazine rings is 1. The van der Waals surface area contributed by atoms with E-state index in [-0.39, 0.29) is 0 Å². The number of ether oxygens (including phenoxy) is 2. The summed E-state index contributed by atoms with van der Waals surface area (Å²) in [5, 5.41) is 28.5. The van der Waals surface area contributed by atoms with E-state index in [1.54, 1.807) is 28.1 Å². The van der Waals surface area contributed by atoms with Gasteiger partial charge in [0.15, 0.2) is 0 Å². The molecule has 1 saturated heterocycles. The summed E-state index contributed by atoms with van der Waals surface area (Å²) in [7, 11) is 3.25. The van der Waals surface area contributed by atoms with Crippen LogP contribution < -0.4 is 20.1 Å². The molecular weight excluding hydrogens is 508 g/mol. The van der Waals surface area contributed by atoms with Crippen LogP contribution in [0.2, 0.25) is 0 Å². The van der Waals surface area contributed by atoms with Crippen molar-refractivity contribution < 1.29 is 29.3 Å². The summed E-state index contributed by atoms with van der Waals surface area (Å²) >= 11 is 0. The Kier molecular flexibility index (Phi) is 11.3. The zero-order valence-corrected chi connectivity index (χ0v) is 23.4. The lowest BCUT2D eigenvalue weighted by molar-refractivity contribution is -0.139. The van der Waals surface area contributed by atoms with Crippen LogP contribution in [0, 0.1) is 0 Å². The van der Waals surface area contributed by atoms with E-state index in [0.29, 0.717) is 0 Å². The van der Waals surface area contributed by atoms with Gasteiger partial charge in [0.1, 0.15) is 11.5 Å². The van der Waals surface area contributed by atoms with Gasteiger partial charge in [0, 0.05) is 26.2 Å². The van der Waals surface area contributed by atoms with Crippen molar-refractivity contribution in [1.29, 1.82) is 0 Å². The first-order valence-electron chi connectivity index (χ1n) is 13.3. The summed E-state index contributed by atoms with van der Waals surface area (Å²) < 4.78 is 10.3. The van der Waals surface area contributed by atoms with E-state index in [0.717, 1.165) is 70.3 Å². The molecule has 1 heterocycles. The Bertz CT molecular complexity index is 1320.